The highest BCUT2D eigenvalue weighted by atomic mass is 16.6. The Labute approximate surface area is 124 Å². The molecule has 21 heavy (non-hydrogen) atoms. The van der Waals surface area contributed by atoms with Crippen LogP contribution in [0.4, 0.5) is 4.79 Å². The molecule has 0 radical (unpaired) electrons. The molecule has 6 heteroatoms. The van der Waals surface area contributed by atoms with Crippen molar-refractivity contribution in [2.75, 3.05) is 19.7 Å². The van der Waals surface area contributed by atoms with E-state index in [1.165, 1.54) is 0 Å². The molecule has 1 saturated heterocycles. The fraction of sp³-hybridized carbons (Fsp3) is 0.600. The van der Waals surface area contributed by atoms with Crippen LogP contribution in [0.5, 0.6) is 0 Å². The van der Waals surface area contributed by atoms with Crippen molar-refractivity contribution in [2.45, 2.75) is 39.7 Å². The third kappa shape index (κ3) is 3.56. The summed E-state index contributed by atoms with van der Waals surface area (Å²) >= 11 is 0. The first kappa shape index (κ1) is 15.4. The van der Waals surface area contributed by atoms with E-state index in [1.807, 2.05) is 6.92 Å². The molecule has 0 bridgehead atoms. The first-order valence-corrected chi connectivity index (χ1v) is 7.30. The Kier molecular flexibility index (Phi) is 4.88. The molecule has 0 spiro atoms. The van der Waals surface area contributed by atoms with Crippen LogP contribution < -0.4 is 5.32 Å². The molecule has 1 aliphatic rings. The van der Waals surface area contributed by atoms with Crippen LogP contribution in [0.15, 0.2) is 10.7 Å². The summed E-state index contributed by atoms with van der Waals surface area (Å²) in [5.74, 6) is 0.530. The Morgan fingerprint density at radius 2 is 2.05 bits per heavy atom. The number of nitrogens with one attached hydrogen (secondary N) is 1. The molecule has 1 fully saturated rings. The quantitative estimate of drug-likeness (QED) is 0.928. The van der Waals surface area contributed by atoms with Crippen LogP contribution in [0.1, 0.15) is 41.4 Å². The lowest BCUT2D eigenvalue weighted by Gasteiger charge is -2.31. The number of amides is 2. The second-order valence-electron chi connectivity index (χ2n) is 5.28. The normalized spacial score (nSPS) is 15.9. The third-order valence-electron chi connectivity index (χ3n) is 3.74. The van der Waals surface area contributed by atoms with E-state index >= 15 is 0 Å². The molecule has 2 heterocycles. The van der Waals surface area contributed by atoms with E-state index < -0.39 is 0 Å². The summed E-state index contributed by atoms with van der Waals surface area (Å²) in [6.45, 7) is 7.02. The smallest absolute Gasteiger partial charge is 0.409 e. The van der Waals surface area contributed by atoms with Crippen molar-refractivity contribution in [3.05, 3.63) is 23.2 Å². The summed E-state index contributed by atoms with van der Waals surface area (Å²) < 4.78 is 10.2. The predicted molar refractivity (Wildman–Crippen MR) is 77.3 cm³/mol. The minimum Gasteiger partial charge on any atom is -0.469 e. The summed E-state index contributed by atoms with van der Waals surface area (Å²) in [5.41, 5.74) is 1.46. The number of nitrogens with zero attached hydrogens (tertiary/aromatic N) is 1. The third-order valence-corrected chi connectivity index (χ3v) is 3.74. The number of ether oxygens (including phenoxy) is 1. The Morgan fingerprint density at radius 1 is 1.38 bits per heavy atom. The fourth-order valence-electron chi connectivity index (χ4n) is 2.59. The summed E-state index contributed by atoms with van der Waals surface area (Å²) in [4.78, 5) is 25.5. The molecule has 2 rings (SSSR count). The Morgan fingerprint density at radius 3 is 2.57 bits per heavy atom. The Hall–Kier alpha value is -1.98. The molecule has 0 unspecified atom stereocenters. The minimum absolute atomic E-state index is 0.0804. The van der Waals surface area contributed by atoms with E-state index in [1.54, 1.807) is 25.0 Å². The van der Waals surface area contributed by atoms with E-state index in [2.05, 4.69) is 5.32 Å². The van der Waals surface area contributed by atoms with Gasteiger partial charge in [0.05, 0.1) is 18.4 Å². The average Bonchev–Trinajstić information content (AvgIpc) is 2.79. The number of hydrogen-bond donors (Lipinski definition) is 1. The van der Waals surface area contributed by atoms with Crippen molar-refractivity contribution < 1.29 is 18.7 Å². The van der Waals surface area contributed by atoms with Gasteiger partial charge in [-0.3, -0.25) is 4.79 Å². The maximum absolute atomic E-state index is 12.3. The number of hydrogen-bond acceptors (Lipinski definition) is 4. The molecule has 0 aromatic carbocycles. The van der Waals surface area contributed by atoms with Gasteiger partial charge < -0.3 is 19.4 Å². The molecule has 1 aromatic rings. The largest absolute Gasteiger partial charge is 0.469 e. The van der Waals surface area contributed by atoms with Gasteiger partial charge in [-0.2, -0.15) is 0 Å². The molecule has 2 amide bonds. The van der Waals surface area contributed by atoms with Gasteiger partial charge in [0, 0.05) is 24.7 Å². The maximum Gasteiger partial charge on any atom is 0.409 e. The number of likely N-dealkylation sites (tertiary alicyclic amines) is 1. The summed E-state index contributed by atoms with van der Waals surface area (Å²) in [7, 11) is 0. The monoisotopic (exact) mass is 294 g/mol. The van der Waals surface area contributed by atoms with Gasteiger partial charge in [-0.25, -0.2) is 4.79 Å². The van der Waals surface area contributed by atoms with Gasteiger partial charge in [0.1, 0.15) is 5.76 Å². The van der Waals surface area contributed by atoms with Crippen LogP contribution in [0.3, 0.4) is 0 Å². The molecule has 116 valence electrons. The molecule has 0 aliphatic carbocycles. The van der Waals surface area contributed by atoms with Crippen molar-refractivity contribution in [3.63, 3.8) is 0 Å². The van der Waals surface area contributed by atoms with Gasteiger partial charge in [-0.1, -0.05) is 0 Å². The van der Waals surface area contributed by atoms with Crippen molar-refractivity contribution in [1.82, 2.24) is 10.2 Å². The first-order chi connectivity index (χ1) is 10.0. The molecule has 1 N–H and O–H groups in total. The van der Waals surface area contributed by atoms with Gasteiger partial charge in [-0.05, 0) is 33.6 Å². The molecule has 0 atom stereocenters. The Balaban J connectivity index is 1.86. The zero-order valence-electron chi connectivity index (χ0n) is 12.8. The highest BCUT2D eigenvalue weighted by Crippen LogP contribution is 2.17. The second-order valence-corrected chi connectivity index (χ2v) is 5.28. The van der Waals surface area contributed by atoms with Crippen LogP contribution >= 0.6 is 0 Å². The average molecular weight is 294 g/mol. The molecular weight excluding hydrogens is 272 g/mol. The molecule has 1 aromatic heterocycles. The van der Waals surface area contributed by atoms with Crippen LogP contribution in [0, 0.1) is 13.8 Å². The van der Waals surface area contributed by atoms with Crippen LogP contribution in [0.2, 0.25) is 0 Å². The van der Waals surface area contributed by atoms with E-state index in [-0.39, 0.29) is 18.0 Å². The van der Waals surface area contributed by atoms with Crippen molar-refractivity contribution in [2.24, 2.45) is 0 Å². The molecule has 0 saturated carbocycles. The number of piperidine rings is 1. The van der Waals surface area contributed by atoms with E-state index in [9.17, 15) is 9.59 Å². The standard InChI is InChI=1S/C15H22N2O4/c1-4-20-15(19)17-7-5-12(6-8-17)16-14(18)13-10(2)9-21-11(13)3/h9,12H,4-8H2,1-3H3,(H,16,18). The maximum atomic E-state index is 12.3. The zero-order valence-corrected chi connectivity index (χ0v) is 12.8. The number of carbonyl (C=O) groups excluding carboxylic acids is 2. The topological polar surface area (TPSA) is 71.8 Å². The predicted octanol–water partition coefficient (Wildman–Crippen LogP) is 2.25. The van der Waals surface area contributed by atoms with Gasteiger partial charge in [0.15, 0.2) is 0 Å². The fourth-order valence-corrected chi connectivity index (χ4v) is 2.59. The van der Waals surface area contributed by atoms with Gasteiger partial charge in [0.2, 0.25) is 0 Å². The van der Waals surface area contributed by atoms with Crippen molar-refractivity contribution in [1.29, 1.82) is 0 Å². The van der Waals surface area contributed by atoms with Gasteiger partial charge >= 0.3 is 6.09 Å². The summed E-state index contributed by atoms with van der Waals surface area (Å²) in [5, 5.41) is 3.02. The second kappa shape index (κ2) is 6.65. The summed E-state index contributed by atoms with van der Waals surface area (Å²) in [6.07, 6.45) is 2.79. The molecular formula is C15H22N2O4. The van der Waals surface area contributed by atoms with Crippen LogP contribution in [0.25, 0.3) is 0 Å². The highest BCUT2D eigenvalue weighted by Gasteiger charge is 2.26. The SMILES string of the molecule is CCOC(=O)N1CCC(NC(=O)c2c(C)coc2C)CC1. The van der Waals surface area contributed by atoms with Gasteiger partial charge in [-0.15, -0.1) is 0 Å². The van der Waals surface area contributed by atoms with E-state index in [0.29, 0.717) is 31.0 Å². The lowest BCUT2D eigenvalue weighted by Crippen LogP contribution is -2.46. The molecule has 6 nitrogen and oxygen atoms in total. The Bertz CT molecular complexity index is 496. The number of aryl methyl sites for hydroxylation is 2. The van der Waals surface area contributed by atoms with Crippen molar-refractivity contribution >= 4 is 12.0 Å². The number of furan rings is 1. The van der Waals surface area contributed by atoms with E-state index in [0.717, 1.165) is 18.4 Å². The van der Waals surface area contributed by atoms with Crippen LogP contribution in [-0.4, -0.2) is 42.6 Å². The number of rotatable bonds is 3. The zero-order chi connectivity index (χ0) is 15.4. The lowest BCUT2D eigenvalue weighted by atomic mass is 10.0. The van der Waals surface area contributed by atoms with E-state index in [4.69, 9.17) is 9.15 Å². The highest BCUT2D eigenvalue weighted by molar-refractivity contribution is 5.96. The lowest BCUT2D eigenvalue weighted by molar-refractivity contribution is 0.0859. The molecule has 1 aliphatic heterocycles. The first-order valence-electron chi connectivity index (χ1n) is 7.30. The number of carbonyl (C=O) groups is 2. The summed E-state index contributed by atoms with van der Waals surface area (Å²) in [6, 6.07) is 0.0804. The van der Waals surface area contributed by atoms with Crippen LogP contribution in [-0.2, 0) is 4.74 Å². The minimum atomic E-state index is -0.274. The van der Waals surface area contributed by atoms with Crippen molar-refractivity contribution in [3.8, 4) is 0 Å². The van der Waals surface area contributed by atoms with Gasteiger partial charge in [0.25, 0.3) is 5.91 Å².